The van der Waals surface area contributed by atoms with Crippen molar-refractivity contribution in [3.05, 3.63) is 29.8 Å². The lowest BCUT2D eigenvalue weighted by molar-refractivity contribution is -0.129. The van der Waals surface area contributed by atoms with E-state index in [0.29, 0.717) is 31.9 Å². The van der Waals surface area contributed by atoms with E-state index >= 15 is 0 Å². The van der Waals surface area contributed by atoms with Gasteiger partial charge in [0, 0.05) is 57.5 Å². The van der Waals surface area contributed by atoms with Gasteiger partial charge >= 0.3 is 0 Å². The minimum Gasteiger partial charge on any atom is -0.489 e. The zero-order valence-corrected chi connectivity index (χ0v) is 20.9. The van der Waals surface area contributed by atoms with Gasteiger partial charge in [0.05, 0.1) is 28.5 Å². The summed E-state index contributed by atoms with van der Waals surface area (Å²) in [6, 6.07) is 8.01. The van der Waals surface area contributed by atoms with Crippen molar-refractivity contribution in [1.29, 1.82) is 0 Å². The van der Waals surface area contributed by atoms with Gasteiger partial charge < -0.3 is 24.6 Å². The molecule has 0 aliphatic carbocycles. The molecule has 1 N–H and O–H groups in total. The molecule has 2 aliphatic heterocycles. The number of aromatic nitrogens is 2. The number of amides is 2. The van der Waals surface area contributed by atoms with Gasteiger partial charge in [0.25, 0.3) is 0 Å². The zero-order chi connectivity index (χ0) is 24.5. The van der Waals surface area contributed by atoms with E-state index < -0.39 is 0 Å². The monoisotopic (exact) mass is 495 g/mol. The number of benzene rings is 1. The van der Waals surface area contributed by atoms with E-state index in [1.165, 1.54) is 11.3 Å². The maximum Gasteiger partial charge on any atom is 0.237 e. The molecule has 2 atom stereocenters. The summed E-state index contributed by atoms with van der Waals surface area (Å²) in [7, 11) is 1.62. The Labute approximate surface area is 208 Å². The molecule has 1 unspecified atom stereocenters. The lowest BCUT2D eigenvalue weighted by Gasteiger charge is -2.35. The Hall–Kier alpha value is -3.40. The number of thiazole rings is 1. The molecule has 0 radical (unpaired) electrons. The molecule has 5 rings (SSSR count). The minimum absolute atomic E-state index is 0.0706. The van der Waals surface area contributed by atoms with Gasteiger partial charge in [0.1, 0.15) is 17.5 Å². The van der Waals surface area contributed by atoms with Gasteiger partial charge in [0.2, 0.25) is 17.7 Å². The molecule has 3 aromatic rings. The van der Waals surface area contributed by atoms with E-state index in [1.54, 1.807) is 14.0 Å². The molecule has 4 heterocycles. The number of fused-ring (bicyclic) bond motifs is 1. The van der Waals surface area contributed by atoms with E-state index in [-0.39, 0.29) is 23.8 Å². The highest BCUT2D eigenvalue weighted by Crippen LogP contribution is 2.37. The van der Waals surface area contributed by atoms with Crippen LogP contribution in [0.4, 0.5) is 5.69 Å². The predicted octanol–water partition coefficient (Wildman–Crippen LogP) is 2.94. The summed E-state index contributed by atoms with van der Waals surface area (Å²) in [5.74, 6) is 1.60. The van der Waals surface area contributed by atoms with Crippen LogP contribution in [0.2, 0.25) is 0 Å². The first-order valence-electron chi connectivity index (χ1n) is 11.8. The number of nitrogens with one attached hydrogen (secondary N) is 1. The number of ether oxygens (including phenoxy) is 2. The Morgan fingerprint density at radius 1 is 1.23 bits per heavy atom. The number of carbonyl (C=O) groups is 2. The fraction of sp³-hybridized carbons (Fsp3) is 0.440. The molecule has 2 aromatic heterocycles. The molecule has 10 heteroatoms. The van der Waals surface area contributed by atoms with Gasteiger partial charge in [-0.2, -0.15) is 0 Å². The highest BCUT2D eigenvalue weighted by Gasteiger charge is 2.29. The third-order valence-electron chi connectivity index (χ3n) is 6.78. The normalized spacial score (nSPS) is 19.1. The molecule has 0 spiro atoms. The summed E-state index contributed by atoms with van der Waals surface area (Å²) < 4.78 is 13.0. The number of nitrogens with zero attached hydrogens (tertiary/aromatic N) is 4. The van der Waals surface area contributed by atoms with Crippen LogP contribution in [0.5, 0.6) is 11.6 Å². The van der Waals surface area contributed by atoms with E-state index in [4.69, 9.17) is 14.5 Å². The van der Waals surface area contributed by atoms with Crippen LogP contribution in [0.3, 0.4) is 0 Å². The van der Waals surface area contributed by atoms with Gasteiger partial charge in [0.15, 0.2) is 0 Å². The molecule has 184 valence electrons. The Morgan fingerprint density at radius 3 is 2.71 bits per heavy atom. The van der Waals surface area contributed by atoms with Crippen LogP contribution in [0.1, 0.15) is 20.3 Å². The average Bonchev–Trinajstić information content (AvgIpc) is 3.53. The summed E-state index contributed by atoms with van der Waals surface area (Å²) >= 11 is 1.54. The number of carbonyl (C=O) groups excluding carboxylic acids is 2. The number of rotatable bonds is 6. The first-order valence-corrected chi connectivity index (χ1v) is 12.7. The SMILES string of the molecule is COc1nc(-c2cc(O[C@H](C)C3CNC(=O)C3)c3scnc3c2)ccc1N1CCN(C(C)=O)CC1. The molecule has 35 heavy (non-hydrogen) atoms. The van der Waals surface area contributed by atoms with E-state index in [9.17, 15) is 9.59 Å². The van der Waals surface area contributed by atoms with Crippen LogP contribution in [0.25, 0.3) is 21.5 Å². The molecule has 2 saturated heterocycles. The Kier molecular flexibility index (Phi) is 6.46. The predicted molar refractivity (Wildman–Crippen MR) is 135 cm³/mol. The number of hydrogen-bond acceptors (Lipinski definition) is 8. The van der Waals surface area contributed by atoms with Crippen molar-refractivity contribution in [2.45, 2.75) is 26.4 Å². The third kappa shape index (κ3) is 4.75. The summed E-state index contributed by atoms with van der Waals surface area (Å²) in [5, 5.41) is 2.88. The topological polar surface area (TPSA) is 96.9 Å². The highest BCUT2D eigenvalue weighted by molar-refractivity contribution is 7.17. The fourth-order valence-corrected chi connectivity index (χ4v) is 5.40. The van der Waals surface area contributed by atoms with Crippen molar-refractivity contribution >= 4 is 39.1 Å². The second-order valence-corrected chi connectivity index (χ2v) is 9.84. The van der Waals surface area contributed by atoms with Gasteiger partial charge in [-0.25, -0.2) is 9.97 Å². The van der Waals surface area contributed by atoms with Gasteiger partial charge in [-0.1, -0.05) is 0 Å². The maximum atomic E-state index is 11.7. The summed E-state index contributed by atoms with van der Waals surface area (Å²) in [4.78, 5) is 36.7. The van der Waals surface area contributed by atoms with Crippen molar-refractivity contribution in [1.82, 2.24) is 20.2 Å². The van der Waals surface area contributed by atoms with Crippen LogP contribution in [-0.4, -0.2) is 72.6 Å². The van der Waals surface area contributed by atoms with Crippen molar-refractivity contribution in [2.24, 2.45) is 5.92 Å². The third-order valence-corrected chi connectivity index (χ3v) is 7.64. The molecule has 0 bridgehead atoms. The minimum atomic E-state index is -0.118. The molecular weight excluding hydrogens is 466 g/mol. The van der Waals surface area contributed by atoms with Crippen molar-refractivity contribution in [3.63, 3.8) is 0 Å². The number of methoxy groups -OCH3 is 1. The molecule has 2 aliphatic rings. The van der Waals surface area contributed by atoms with E-state index in [2.05, 4.69) is 15.2 Å². The smallest absolute Gasteiger partial charge is 0.237 e. The molecule has 9 nitrogen and oxygen atoms in total. The van der Waals surface area contributed by atoms with Gasteiger partial charge in [-0.05, 0) is 31.2 Å². The molecule has 2 fully saturated rings. The first-order chi connectivity index (χ1) is 16.9. The number of pyridine rings is 1. The quantitative estimate of drug-likeness (QED) is 0.562. The second kappa shape index (κ2) is 9.69. The number of piperazine rings is 1. The average molecular weight is 496 g/mol. The van der Waals surface area contributed by atoms with Crippen molar-refractivity contribution < 1.29 is 19.1 Å². The van der Waals surface area contributed by atoms with Crippen LogP contribution in [0, 0.1) is 5.92 Å². The standard InChI is InChI=1S/C25H29N5O4S/c1-15(18-12-23(32)26-13-18)34-22-11-17(10-20-24(22)35-14-27-20)19-4-5-21(25(28-19)33-3)30-8-6-29(7-9-30)16(2)31/h4-5,10-11,14-15,18H,6-9,12-13H2,1-3H3,(H,26,32)/t15-,18?/m1/s1. The molecule has 1 aromatic carbocycles. The summed E-state index contributed by atoms with van der Waals surface area (Å²) in [5.41, 5.74) is 5.22. The van der Waals surface area contributed by atoms with Crippen molar-refractivity contribution in [2.75, 3.05) is 44.7 Å². The van der Waals surface area contributed by atoms with Crippen LogP contribution in [-0.2, 0) is 9.59 Å². The summed E-state index contributed by atoms with van der Waals surface area (Å²) in [6.07, 6.45) is 0.362. The van der Waals surface area contributed by atoms with Crippen LogP contribution >= 0.6 is 11.3 Å². The fourth-order valence-electron chi connectivity index (χ4n) is 4.68. The van der Waals surface area contributed by atoms with Crippen LogP contribution < -0.4 is 19.7 Å². The molecule has 2 amide bonds. The van der Waals surface area contributed by atoms with Crippen molar-refractivity contribution in [3.8, 4) is 22.9 Å². The van der Waals surface area contributed by atoms with E-state index in [1.807, 2.05) is 41.6 Å². The second-order valence-electron chi connectivity index (χ2n) is 8.98. The Morgan fingerprint density at radius 2 is 2.03 bits per heavy atom. The molecular formula is C25H29N5O4S. The number of anilines is 1. The first kappa shape index (κ1) is 23.3. The largest absolute Gasteiger partial charge is 0.489 e. The Bertz CT molecular complexity index is 1250. The summed E-state index contributed by atoms with van der Waals surface area (Å²) in [6.45, 7) is 7.07. The van der Waals surface area contributed by atoms with Gasteiger partial charge in [-0.15, -0.1) is 11.3 Å². The highest BCUT2D eigenvalue weighted by atomic mass is 32.1. The Balaban J connectivity index is 1.42. The lowest BCUT2D eigenvalue weighted by atomic mass is 10.0. The number of hydrogen-bond donors (Lipinski definition) is 1. The van der Waals surface area contributed by atoms with Crippen LogP contribution in [0.15, 0.2) is 29.8 Å². The lowest BCUT2D eigenvalue weighted by Crippen LogP contribution is -2.48. The zero-order valence-electron chi connectivity index (χ0n) is 20.1. The van der Waals surface area contributed by atoms with Gasteiger partial charge in [-0.3, -0.25) is 9.59 Å². The molecule has 0 saturated carbocycles. The van der Waals surface area contributed by atoms with E-state index in [0.717, 1.165) is 46.0 Å². The maximum absolute atomic E-state index is 11.7.